The van der Waals surface area contributed by atoms with Gasteiger partial charge in [-0.25, -0.2) is 4.39 Å². The van der Waals surface area contributed by atoms with Gasteiger partial charge < -0.3 is 64.0 Å². The van der Waals surface area contributed by atoms with Gasteiger partial charge in [-0.1, -0.05) is 26.8 Å². The number of ether oxygens (including phenoxy) is 5. The van der Waals surface area contributed by atoms with E-state index in [1.54, 1.807) is 76.7 Å². The summed E-state index contributed by atoms with van der Waals surface area (Å²) in [6.07, 6.45) is -4.61. The van der Waals surface area contributed by atoms with Gasteiger partial charge in [0.2, 0.25) is 5.43 Å². The summed E-state index contributed by atoms with van der Waals surface area (Å²) in [6, 6.07) is 6.82. The Morgan fingerprint density at radius 3 is 2.30 bits per heavy atom. The molecule has 3 aliphatic heterocycles. The van der Waals surface area contributed by atoms with E-state index in [0.717, 1.165) is 6.07 Å². The summed E-state index contributed by atoms with van der Waals surface area (Å²) in [7, 11) is 5.50. The van der Waals surface area contributed by atoms with Crippen molar-refractivity contribution in [3.8, 4) is 0 Å². The van der Waals surface area contributed by atoms with Crippen LogP contribution in [-0.2, 0) is 51.0 Å². The third-order valence-electron chi connectivity index (χ3n) is 16.2. The monoisotopic (exact) mass is 1080 g/mol. The molecule has 5 N–H and O–H groups in total. The molecule has 5 heterocycles. The molecule has 2 aromatic heterocycles. The smallest absolute Gasteiger partial charge is 0.312 e. The normalized spacial score (nSPS) is 32.5. The summed E-state index contributed by atoms with van der Waals surface area (Å²) in [5.74, 6) is -6.17. The second kappa shape index (κ2) is 25.8. The molecular formula is C56H84FN7O13. The number of pyridine rings is 2. The molecule has 3 aliphatic rings. The lowest BCUT2D eigenvalue weighted by atomic mass is 9.77. The van der Waals surface area contributed by atoms with Gasteiger partial charge in [-0.15, -0.1) is 0 Å². The number of hydrogen-bond acceptors (Lipinski definition) is 18. The van der Waals surface area contributed by atoms with Crippen molar-refractivity contribution in [1.29, 1.82) is 0 Å². The highest BCUT2D eigenvalue weighted by Gasteiger charge is 2.53. The van der Waals surface area contributed by atoms with Crippen molar-refractivity contribution in [2.45, 2.75) is 167 Å². The van der Waals surface area contributed by atoms with E-state index in [2.05, 4.69) is 9.88 Å². The van der Waals surface area contributed by atoms with E-state index < -0.39 is 107 Å². The average molecular weight is 1080 g/mol. The molecule has 3 fully saturated rings. The van der Waals surface area contributed by atoms with Gasteiger partial charge in [0.05, 0.1) is 41.8 Å². The van der Waals surface area contributed by atoms with Crippen molar-refractivity contribution in [2.75, 3.05) is 65.3 Å². The van der Waals surface area contributed by atoms with Crippen LogP contribution in [0.25, 0.3) is 10.9 Å². The van der Waals surface area contributed by atoms with Gasteiger partial charge in [-0.3, -0.25) is 33.9 Å². The average Bonchev–Trinajstić information content (AvgIpc) is 3.39. The summed E-state index contributed by atoms with van der Waals surface area (Å²) >= 11 is 0. The number of rotatable bonds is 14. The first-order valence-electron chi connectivity index (χ1n) is 27.1. The van der Waals surface area contributed by atoms with Crippen LogP contribution in [0.3, 0.4) is 0 Å². The molecule has 3 saturated heterocycles. The summed E-state index contributed by atoms with van der Waals surface area (Å²) in [5.41, 5.74) is 2.28. The van der Waals surface area contributed by atoms with Crippen LogP contribution in [0.5, 0.6) is 0 Å². The first kappa shape index (κ1) is 61.1. The van der Waals surface area contributed by atoms with Crippen molar-refractivity contribution >= 4 is 40.4 Å². The molecule has 0 saturated carbocycles. The third kappa shape index (κ3) is 14.2. The highest BCUT2D eigenvalue weighted by Crippen LogP contribution is 2.40. The number of aliphatic hydroxyl groups excluding tert-OH is 2. The lowest BCUT2D eigenvalue weighted by Gasteiger charge is -2.48. The third-order valence-corrected chi connectivity index (χ3v) is 16.2. The number of carbonyl (C=O) groups is 4. The molecule has 1 aromatic carbocycles. The van der Waals surface area contributed by atoms with Crippen LogP contribution >= 0.6 is 0 Å². The number of primary amides is 1. The van der Waals surface area contributed by atoms with Gasteiger partial charge in [-0.2, -0.15) is 0 Å². The van der Waals surface area contributed by atoms with Gasteiger partial charge in [-0.05, 0) is 112 Å². The minimum Gasteiger partial charge on any atom is -0.461 e. The van der Waals surface area contributed by atoms with Crippen molar-refractivity contribution in [1.82, 2.24) is 24.3 Å². The Morgan fingerprint density at radius 2 is 1.69 bits per heavy atom. The summed E-state index contributed by atoms with van der Waals surface area (Å²) in [6.45, 7) is 18.3. The number of fused-ring (bicyclic) bond motifs is 1. The van der Waals surface area contributed by atoms with Gasteiger partial charge in [0.1, 0.15) is 53.1 Å². The molecular weight excluding hydrogens is 998 g/mol. The maximum Gasteiger partial charge on any atom is 0.312 e. The zero-order valence-corrected chi connectivity index (χ0v) is 47.0. The van der Waals surface area contributed by atoms with Crippen LogP contribution < -0.4 is 16.1 Å². The SMILES string of the molecule is CC[C@H]1OC(=O)[C@H](C)[C@@H](OC(=O)Cc2ccccn2)[C@H](C)[C@@H](O[C@@H]2O[C@H](C)C[C@H](N(C)C)[C@H]2O)[C@](C)(OC(=O)CCN2CCN(c3cc4c(cc3F)c(=O)c(C(N)=O)cn4CC)CC2)C[C@@H](C)CN(C)[C@H](C)[C@@H](O)[C@]1(C)O. The van der Waals surface area contributed by atoms with E-state index in [9.17, 15) is 39.3 Å². The minimum absolute atomic E-state index is 0.0539. The molecule has 0 unspecified atom stereocenters. The lowest BCUT2D eigenvalue weighted by molar-refractivity contribution is -0.301. The van der Waals surface area contributed by atoms with E-state index in [4.69, 9.17) is 29.4 Å². The fourth-order valence-corrected chi connectivity index (χ4v) is 11.7. The second-order valence-electron chi connectivity index (χ2n) is 22.4. The molecule has 21 heteroatoms. The number of cyclic esters (lactones) is 1. The number of esters is 3. The molecule has 0 spiro atoms. The Balaban J connectivity index is 1.34. The van der Waals surface area contributed by atoms with Crippen LogP contribution in [0.1, 0.15) is 104 Å². The first-order chi connectivity index (χ1) is 36.2. The number of nitrogens with zero attached hydrogens (tertiary/aromatic N) is 6. The largest absolute Gasteiger partial charge is 0.461 e. The highest BCUT2D eigenvalue weighted by molar-refractivity contribution is 5.96. The van der Waals surface area contributed by atoms with Crippen molar-refractivity contribution in [3.63, 3.8) is 0 Å². The Kier molecular flexibility index (Phi) is 20.4. The van der Waals surface area contributed by atoms with Gasteiger partial charge in [0, 0.05) is 81.6 Å². The van der Waals surface area contributed by atoms with E-state index in [0.29, 0.717) is 62.6 Å². The second-order valence-corrected chi connectivity index (χ2v) is 22.4. The van der Waals surface area contributed by atoms with Crippen LogP contribution in [0, 0.1) is 23.6 Å². The van der Waals surface area contributed by atoms with Gasteiger partial charge in [0.15, 0.2) is 6.29 Å². The van der Waals surface area contributed by atoms with Crippen LogP contribution in [0.2, 0.25) is 0 Å². The Morgan fingerprint density at radius 1 is 1.00 bits per heavy atom. The molecule has 428 valence electrons. The Hall–Kier alpha value is -5.13. The summed E-state index contributed by atoms with van der Waals surface area (Å²) < 4.78 is 50.0. The van der Waals surface area contributed by atoms with Crippen molar-refractivity contribution < 1.29 is 62.6 Å². The van der Waals surface area contributed by atoms with Gasteiger partial charge >= 0.3 is 17.9 Å². The predicted molar refractivity (Wildman–Crippen MR) is 286 cm³/mol. The molecule has 0 aliphatic carbocycles. The van der Waals surface area contributed by atoms with Crippen LogP contribution in [0.4, 0.5) is 10.1 Å². The maximum absolute atomic E-state index is 15.8. The fourth-order valence-electron chi connectivity index (χ4n) is 11.7. The molecule has 3 aromatic rings. The van der Waals surface area contributed by atoms with E-state index >= 15 is 4.39 Å². The number of aryl methyl sites for hydroxylation is 1. The topological polar surface area (TPSA) is 249 Å². The maximum atomic E-state index is 15.8. The number of anilines is 1. The van der Waals surface area contributed by atoms with E-state index in [1.807, 2.05) is 49.6 Å². The zero-order valence-electron chi connectivity index (χ0n) is 47.0. The molecule has 0 bridgehead atoms. The fraction of sp³-hybridized carbons (Fsp3) is 0.679. The standard InChI is InChI=1S/C56H84FN7O13/c1-13-44-56(9,72)50(69)36(7)61(12)30-32(3)29-55(8,77-45(65)18-20-62-21-23-64(24-22-62)42-28-41-38(27-40(42)57)47(67)39(52(58)70)31-63(41)14-2)51(76-54-48(68)43(60(10)11)25-33(4)73-54)34(5)49(35(6)53(71)74-44)75-46(66)26-37-17-15-16-19-59-37/h15-17,19,27-28,31-36,43-44,48-51,54,68-69,72H,13-14,18,20-26,29-30H2,1-12H3,(H2,58,70)/t32-,33-,34+,35-,36-,43+,44-,48-,49+,50-,51-,54+,55-,56-/m1/s1. The number of nitrogens with two attached hydrogens (primary N) is 1. The van der Waals surface area contributed by atoms with Crippen molar-refractivity contribution in [3.05, 3.63) is 70.0 Å². The molecule has 77 heavy (non-hydrogen) atoms. The minimum atomic E-state index is -1.92. The molecule has 0 radical (unpaired) electrons. The van der Waals surface area contributed by atoms with Crippen LogP contribution in [-0.4, -0.2) is 190 Å². The number of likely N-dealkylation sites (N-methyl/N-ethyl adjacent to an activating group) is 2. The number of carbonyl (C=O) groups excluding carboxylic acids is 4. The molecule has 6 rings (SSSR count). The number of halogens is 1. The van der Waals surface area contributed by atoms with Gasteiger partial charge in [0.25, 0.3) is 5.91 Å². The predicted octanol–water partition coefficient (Wildman–Crippen LogP) is 3.50. The first-order valence-corrected chi connectivity index (χ1v) is 27.1. The lowest BCUT2D eigenvalue weighted by Crippen LogP contribution is -2.60. The summed E-state index contributed by atoms with van der Waals surface area (Å²) in [5, 5.41) is 35.8. The number of aromatic nitrogens is 2. The summed E-state index contributed by atoms with van der Waals surface area (Å²) in [4.78, 5) is 80.4. The quantitative estimate of drug-likeness (QED) is 0.133. The van der Waals surface area contributed by atoms with E-state index in [1.165, 1.54) is 13.1 Å². The van der Waals surface area contributed by atoms with E-state index in [-0.39, 0.29) is 55.2 Å². The molecule has 14 atom stereocenters. The highest BCUT2D eigenvalue weighted by atomic mass is 19.1. The number of piperazine rings is 1. The molecule has 20 nitrogen and oxygen atoms in total. The number of aliphatic hydroxyl groups is 3. The zero-order chi connectivity index (χ0) is 56.8. The molecule has 1 amide bonds. The number of benzene rings is 1. The number of amides is 1. The Bertz CT molecular complexity index is 2580. The van der Waals surface area contributed by atoms with Crippen molar-refractivity contribution in [2.24, 2.45) is 23.5 Å². The Labute approximate surface area is 451 Å². The number of hydrogen-bond donors (Lipinski definition) is 4. The van der Waals surface area contributed by atoms with Crippen LogP contribution in [0.15, 0.2) is 47.5 Å².